The number of carbonyl (C=O) groups is 1. The first-order chi connectivity index (χ1) is 18.8. The number of urea groups is 1. The van der Waals surface area contributed by atoms with Gasteiger partial charge in [0.1, 0.15) is 11.5 Å². The molecule has 0 unspecified atom stereocenters. The summed E-state index contributed by atoms with van der Waals surface area (Å²) < 4.78 is 76.2. The number of halogens is 4. The first-order valence-electron chi connectivity index (χ1n) is 11.8. The van der Waals surface area contributed by atoms with Gasteiger partial charge in [-0.2, -0.15) is 23.3 Å². The van der Waals surface area contributed by atoms with Gasteiger partial charge in [0, 0.05) is 31.0 Å². The van der Waals surface area contributed by atoms with Crippen molar-refractivity contribution in [2.45, 2.75) is 19.0 Å². The van der Waals surface area contributed by atoms with Crippen LogP contribution in [-0.4, -0.2) is 46.5 Å². The standard InChI is InChI=1S/C24H24F4N8O3S/c1-36-21-17(13-31-22(34-21)30-10-2-3-11-40(29,38)39)20(35-36)14-4-7-16(8-5-14)32-23(37)33-19-12-15(24(26,27)28)6-9-18(19)25/h4-9,12-13H,2-3,10-11H2,1H3,(H2,29,38,39)(H,30,31,34)(H2,32,33,37). The predicted octanol–water partition coefficient (Wildman–Crippen LogP) is 4.31. The van der Waals surface area contributed by atoms with E-state index in [-0.39, 0.29) is 5.75 Å². The lowest BCUT2D eigenvalue weighted by atomic mass is 10.1. The van der Waals surface area contributed by atoms with Gasteiger partial charge in [-0.15, -0.1) is 0 Å². The number of rotatable bonds is 9. The van der Waals surface area contributed by atoms with E-state index in [4.69, 9.17) is 5.14 Å². The van der Waals surface area contributed by atoms with Crippen LogP contribution in [0.25, 0.3) is 22.3 Å². The molecule has 212 valence electrons. The fraction of sp³-hybridized carbons (Fsp3) is 0.250. The average molecular weight is 581 g/mol. The van der Waals surface area contributed by atoms with Gasteiger partial charge in [0.05, 0.1) is 22.4 Å². The molecule has 0 radical (unpaired) electrons. The average Bonchev–Trinajstić information content (AvgIpc) is 3.20. The number of nitrogens with two attached hydrogens (primary N) is 1. The summed E-state index contributed by atoms with van der Waals surface area (Å²) in [7, 11) is -1.79. The van der Waals surface area contributed by atoms with Crippen LogP contribution in [-0.2, 0) is 23.2 Å². The van der Waals surface area contributed by atoms with Crippen molar-refractivity contribution in [3.63, 3.8) is 0 Å². The van der Waals surface area contributed by atoms with E-state index < -0.39 is 39.3 Å². The lowest BCUT2D eigenvalue weighted by molar-refractivity contribution is -0.137. The maximum atomic E-state index is 13.9. The number of hydrogen-bond donors (Lipinski definition) is 4. The Bertz CT molecular complexity index is 1640. The third-order valence-corrected chi connectivity index (χ3v) is 6.53. The highest BCUT2D eigenvalue weighted by Crippen LogP contribution is 2.32. The molecule has 4 rings (SSSR count). The van der Waals surface area contributed by atoms with E-state index in [0.29, 0.717) is 71.5 Å². The van der Waals surface area contributed by atoms with E-state index in [9.17, 15) is 30.8 Å². The summed E-state index contributed by atoms with van der Waals surface area (Å²) in [5, 5.41) is 17.7. The number of primary sulfonamides is 1. The number of carbonyl (C=O) groups excluding carboxylic acids is 1. The first kappa shape index (κ1) is 28.7. The van der Waals surface area contributed by atoms with Crippen LogP contribution in [0.2, 0.25) is 0 Å². The quantitative estimate of drug-likeness (QED) is 0.170. The molecule has 0 bridgehead atoms. The van der Waals surface area contributed by atoms with Crippen LogP contribution in [0.3, 0.4) is 0 Å². The highest BCUT2D eigenvalue weighted by molar-refractivity contribution is 7.89. The van der Waals surface area contributed by atoms with Crippen LogP contribution >= 0.6 is 0 Å². The fourth-order valence-electron chi connectivity index (χ4n) is 3.76. The third kappa shape index (κ3) is 7.20. The van der Waals surface area contributed by atoms with E-state index in [1.54, 1.807) is 42.2 Å². The van der Waals surface area contributed by atoms with Crippen molar-refractivity contribution >= 4 is 44.4 Å². The second-order valence-electron chi connectivity index (χ2n) is 8.75. The molecule has 0 spiro atoms. The normalized spacial score (nSPS) is 11.9. The highest BCUT2D eigenvalue weighted by atomic mass is 32.2. The van der Waals surface area contributed by atoms with Crippen LogP contribution < -0.4 is 21.1 Å². The Morgan fingerprint density at radius 1 is 1.07 bits per heavy atom. The molecule has 2 amide bonds. The zero-order valence-electron chi connectivity index (χ0n) is 21.0. The second kappa shape index (κ2) is 11.4. The van der Waals surface area contributed by atoms with Gasteiger partial charge in [0.25, 0.3) is 0 Å². The molecule has 4 aromatic rings. The van der Waals surface area contributed by atoms with Crippen molar-refractivity contribution in [3.8, 4) is 11.3 Å². The van der Waals surface area contributed by atoms with Crippen LogP contribution in [0.5, 0.6) is 0 Å². The first-order valence-corrected chi connectivity index (χ1v) is 13.5. The fourth-order valence-corrected chi connectivity index (χ4v) is 4.36. The SMILES string of the molecule is Cn1nc(-c2ccc(NC(=O)Nc3cc(C(F)(F)F)ccc3F)cc2)c2cnc(NCCCCS(N)(=O)=O)nc21. The van der Waals surface area contributed by atoms with Crippen molar-refractivity contribution in [2.75, 3.05) is 28.2 Å². The summed E-state index contributed by atoms with van der Waals surface area (Å²) in [5.74, 6) is -0.768. The molecule has 0 aliphatic heterocycles. The van der Waals surface area contributed by atoms with Gasteiger partial charge in [-0.05, 0) is 43.2 Å². The van der Waals surface area contributed by atoms with Crippen molar-refractivity contribution in [1.29, 1.82) is 0 Å². The number of aryl methyl sites for hydroxylation is 1. The number of aromatic nitrogens is 4. The van der Waals surface area contributed by atoms with E-state index in [1.807, 2.05) is 0 Å². The molecule has 2 aromatic carbocycles. The monoisotopic (exact) mass is 580 g/mol. The maximum Gasteiger partial charge on any atom is 0.416 e. The minimum absolute atomic E-state index is 0.104. The molecular weight excluding hydrogens is 556 g/mol. The maximum absolute atomic E-state index is 13.9. The van der Waals surface area contributed by atoms with E-state index in [0.717, 1.165) is 0 Å². The number of sulfonamides is 1. The number of anilines is 3. The van der Waals surface area contributed by atoms with Gasteiger partial charge in [0.15, 0.2) is 5.65 Å². The number of amides is 2. The lowest BCUT2D eigenvalue weighted by Crippen LogP contribution is -2.20. The molecule has 11 nitrogen and oxygen atoms in total. The Hall–Kier alpha value is -4.31. The summed E-state index contributed by atoms with van der Waals surface area (Å²) in [6.07, 6.45) is -2.13. The predicted molar refractivity (Wildman–Crippen MR) is 141 cm³/mol. The second-order valence-corrected chi connectivity index (χ2v) is 10.5. The molecule has 0 saturated carbocycles. The Labute approximate surface area is 225 Å². The summed E-state index contributed by atoms with van der Waals surface area (Å²) in [4.78, 5) is 21.0. The summed E-state index contributed by atoms with van der Waals surface area (Å²) in [5.41, 5.74) is 0.386. The molecule has 0 saturated heterocycles. The van der Waals surface area contributed by atoms with Crippen LogP contribution in [0.15, 0.2) is 48.7 Å². The molecule has 0 aliphatic carbocycles. The summed E-state index contributed by atoms with van der Waals surface area (Å²) >= 11 is 0. The van der Waals surface area contributed by atoms with Crippen molar-refractivity contribution in [3.05, 3.63) is 60.0 Å². The molecule has 0 fully saturated rings. The highest BCUT2D eigenvalue weighted by Gasteiger charge is 2.31. The Kier molecular flexibility index (Phi) is 8.20. The number of nitrogens with one attached hydrogen (secondary N) is 3. The van der Waals surface area contributed by atoms with Gasteiger partial charge in [-0.3, -0.25) is 0 Å². The Balaban J connectivity index is 1.41. The van der Waals surface area contributed by atoms with Gasteiger partial charge in [-0.25, -0.2) is 32.4 Å². The molecule has 2 aromatic heterocycles. The van der Waals surface area contributed by atoms with Crippen LogP contribution in [0, 0.1) is 5.82 Å². The van der Waals surface area contributed by atoms with E-state index in [1.165, 1.54) is 0 Å². The third-order valence-electron chi connectivity index (χ3n) is 5.68. The number of alkyl halides is 3. The van der Waals surface area contributed by atoms with Crippen LogP contribution in [0.4, 0.5) is 39.7 Å². The number of unbranched alkanes of at least 4 members (excludes halogenated alkanes) is 1. The van der Waals surface area contributed by atoms with Gasteiger partial charge in [-0.1, -0.05) is 12.1 Å². The molecule has 40 heavy (non-hydrogen) atoms. The van der Waals surface area contributed by atoms with Crippen molar-refractivity contribution in [2.24, 2.45) is 12.2 Å². The van der Waals surface area contributed by atoms with Crippen molar-refractivity contribution in [1.82, 2.24) is 19.7 Å². The van der Waals surface area contributed by atoms with Gasteiger partial charge in [0.2, 0.25) is 16.0 Å². The number of nitrogens with zero attached hydrogens (tertiary/aromatic N) is 4. The van der Waals surface area contributed by atoms with Gasteiger partial charge < -0.3 is 16.0 Å². The Morgan fingerprint density at radius 2 is 1.80 bits per heavy atom. The van der Waals surface area contributed by atoms with E-state index >= 15 is 0 Å². The topological polar surface area (TPSA) is 157 Å². The zero-order chi connectivity index (χ0) is 29.1. The Morgan fingerprint density at radius 3 is 2.48 bits per heavy atom. The van der Waals surface area contributed by atoms with Gasteiger partial charge >= 0.3 is 12.2 Å². The van der Waals surface area contributed by atoms with Crippen LogP contribution in [0.1, 0.15) is 18.4 Å². The number of fused-ring (bicyclic) bond motifs is 1. The molecule has 5 N–H and O–H groups in total. The minimum atomic E-state index is -4.69. The number of hydrogen-bond acceptors (Lipinski definition) is 7. The molecular formula is C24H24F4N8O3S. The molecule has 0 aliphatic rings. The molecule has 16 heteroatoms. The molecule has 2 heterocycles. The molecule has 0 atom stereocenters. The summed E-state index contributed by atoms with van der Waals surface area (Å²) in [6, 6.07) is 7.24. The lowest BCUT2D eigenvalue weighted by Gasteiger charge is -2.12. The number of benzene rings is 2. The zero-order valence-corrected chi connectivity index (χ0v) is 21.8. The minimum Gasteiger partial charge on any atom is -0.354 e. The smallest absolute Gasteiger partial charge is 0.354 e. The largest absolute Gasteiger partial charge is 0.416 e. The van der Waals surface area contributed by atoms with Crippen molar-refractivity contribution < 1.29 is 30.8 Å². The summed E-state index contributed by atoms with van der Waals surface area (Å²) in [6.45, 7) is 0.453. The van der Waals surface area contributed by atoms with E-state index in [2.05, 4.69) is 31.0 Å².